The second-order valence-corrected chi connectivity index (χ2v) is 12.8. The zero-order valence-electron chi connectivity index (χ0n) is 24.6. The van der Waals surface area contributed by atoms with Crippen molar-refractivity contribution >= 4 is 23.4 Å². The van der Waals surface area contributed by atoms with E-state index in [0.29, 0.717) is 10.6 Å². The Morgan fingerprint density at radius 3 is 2.54 bits per heavy atom. The van der Waals surface area contributed by atoms with E-state index >= 15 is 0 Å². The molecule has 6 rings (SSSR count). The Hall–Kier alpha value is -3.16. The maximum absolute atomic E-state index is 13.7. The van der Waals surface area contributed by atoms with Gasteiger partial charge in [-0.25, -0.2) is 0 Å². The molecule has 1 aliphatic carbocycles. The molecule has 3 aliphatic rings. The average Bonchev–Trinajstić information content (AvgIpc) is 3.62. The van der Waals surface area contributed by atoms with Crippen LogP contribution in [0.3, 0.4) is 0 Å². The fraction of sp³-hybridized carbons (Fsp3) is 0.485. The van der Waals surface area contributed by atoms with Crippen molar-refractivity contribution < 1.29 is 9.59 Å². The van der Waals surface area contributed by atoms with Crippen LogP contribution in [0.25, 0.3) is 0 Å². The number of amides is 2. The first-order valence-corrected chi connectivity index (χ1v) is 15.2. The highest BCUT2D eigenvalue weighted by Crippen LogP contribution is 2.41. The Balaban J connectivity index is 1.09. The van der Waals surface area contributed by atoms with Crippen molar-refractivity contribution in [1.29, 1.82) is 0 Å². The normalized spacial score (nSPS) is 20.0. The van der Waals surface area contributed by atoms with Gasteiger partial charge in [-0.3, -0.25) is 19.2 Å². The summed E-state index contributed by atoms with van der Waals surface area (Å²) in [4.78, 5) is 31.4. The number of carbonyl (C=O) groups is 2. The van der Waals surface area contributed by atoms with Crippen molar-refractivity contribution in [3.05, 3.63) is 86.2 Å². The number of rotatable bonds is 5. The SMILES string of the molecule is Cc1cccc(Cl)c1C(=O)NC1CCc2ccc(C(=O)N3CCC4(CCN(Cc5c(C)nn(C)c5C)CC4)C3)cc21. The van der Waals surface area contributed by atoms with Gasteiger partial charge in [0.05, 0.1) is 22.3 Å². The van der Waals surface area contributed by atoms with E-state index in [1.54, 1.807) is 6.07 Å². The summed E-state index contributed by atoms with van der Waals surface area (Å²) in [5.74, 6) is -0.0583. The molecule has 7 nitrogen and oxygen atoms in total. The lowest BCUT2D eigenvalue weighted by molar-refractivity contribution is 0.0713. The number of piperidine rings is 1. The fourth-order valence-corrected chi connectivity index (χ4v) is 7.50. The van der Waals surface area contributed by atoms with Crippen LogP contribution in [0, 0.1) is 26.2 Å². The summed E-state index contributed by atoms with van der Waals surface area (Å²) in [5, 5.41) is 8.23. The van der Waals surface area contributed by atoms with Crippen LogP contribution in [0.5, 0.6) is 0 Å². The van der Waals surface area contributed by atoms with E-state index < -0.39 is 0 Å². The molecule has 0 radical (unpaired) electrons. The zero-order valence-corrected chi connectivity index (χ0v) is 25.4. The molecule has 8 heteroatoms. The van der Waals surface area contributed by atoms with Crippen molar-refractivity contribution in [2.24, 2.45) is 12.5 Å². The molecule has 41 heavy (non-hydrogen) atoms. The first kappa shape index (κ1) is 28.0. The number of aromatic nitrogens is 2. The summed E-state index contributed by atoms with van der Waals surface area (Å²) >= 11 is 6.35. The number of fused-ring (bicyclic) bond motifs is 1. The molecule has 2 saturated heterocycles. The van der Waals surface area contributed by atoms with Gasteiger partial charge < -0.3 is 10.2 Å². The summed E-state index contributed by atoms with van der Waals surface area (Å²) in [6.45, 7) is 10.8. The standard InChI is InChI=1S/C33H40ClN5O2/c1-21-6-5-7-28(34)30(21)31(40)35-29-11-10-24-8-9-25(18-26(24)29)32(41)39-17-14-33(20-39)12-15-38(16-13-33)19-27-22(2)36-37(4)23(27)3/h5-9,18,29H,10-17,19-20H2,1-4H3,(H,35,40). The van der Waals surface area contributed by atoms with Crippen LogP contribution in [-0.2, 0) is 20.0 Å². The number of halogens is 1. The van der Waals surface area contributed by atoms with Crippen molar-refractivity contribution in [2.45, 2.75) is 65.5 Å². The molecule has 216 valence electrons. The van der Waals surface area contributed by atoms with Gasteiger partial charge in [0.2, 0.25) is 0 Å². The van der Waals surface area contributed by atoms with Gasteiger partial charge in [-0.1, -0.05) is 29.8 Å². The Kier molecular flexibility index (Phi) is 7.45. The largest absolute Gasteiger partial charge is 0.345 e. The zero-order chi connectivity index (χ0) is 28.9. The number of hydrogen-bond donors (Lipinski definition) is 1. The minimum absolute atomic E-state index is 0.104. The third kappa shape index (κ3) is 5.30. The number of nitrogens with zero attached hydrogens (tertiary/aromatic N) is 4. The number of aryl methyl sites for hydroxylation is 4. The average molecular weight is 574 g/mol. The Labute approximate surface area is 247 Å². The van der Waals surface area contributed by atoms with Crippen LogP contribution in [0.15, 0.2) is 36.4 Å². The quantitative estimate of drug-likeness (QED) is 0.435. The molecule has 2 fully saturated rings. The van der Waals surface area contributed by atoms with Gasteiger partial charge in [0.25, 0.3) is 11.8 Å². The maximum Gasteiger partial charge on any atom is 0.253 e. The monoisotopic (exact) mass is 573 g/mol. The lowest BCUT2D eigenvalue weighted by atomic mass is 9.77. The number of carbonyl (C=O) groups excluding carboxylic acids is 2. The Morgan fingerprint density at radius 2 is 1.83 bits per heavy atom. The highest BCUT2D eigenvalue weighted by Gasteiger charge is 2.42. The van der Waals surface area contributed by atoms with E-state index in [2.05, 4.69) is 40.1 Å². The molecule has 0 saturated carbocycles. The molecular formula is C33H40ClN5O2. The Morgan fingerprint density at radius 1 is 1.07 bits per heavy atom. The molecular weight excluding hydrogens is 534 g/mol. The van der Waals surface area contributed by atoms with E-state index in [9.17, 15) is 9.59 Å². The first-order valence-electron chi connectivity index (χ1n) is 14.8. The minimum atomic E-state index is -0.163. The molecule has 1 unspecified atom stereocenters. The summed E-state index contributed by atoms with van der Waals surface area (Å²) in [5.41, 5.74) is 8.28. The summed E-state index contributed by atoms with van der Waals surface area (Å²) in [6.07, 6.45) is 5.02. The second kappa shape index (κ2) is 10.9. The van der Waals surface area contributed by atoms with Gasteiger partial charge in [0.15, 0.2) is 0 Å². The van der Waals surface area contributed by atoms with Crippen molar-refractivity contribution in [1.82, 2.24) is 24.9 Å². The first-order chi connectivity index (χ1) is 19.6. The molecule has 2 amide bonds. The van der Waals surface area contributed by atoms with Gasteiger partial charge >= 0.3 is 0 Å². The van der Waals surface area contributed by atoms with Crippen molar-refractivity contribution in [3.8, 4) is 0 Å². The van der Waals surface area contributed by atoms with Gasteiger partial charge in [-0.05, 0) is 106 Å². The lowest BCUT2D eigenvalue weighted by Gasteiger charge is -2.39. The van der Waals surface area contributed by atoms with Crippen LogP contribution < -0.4 is 5.32 Å². The molecule has 1 spiro atoms. The van der Waals surface area contributed by atoms with Gasteiger partial charge in [0.1, 0.15) is 0 Å². The smallest absolute Gasteiger partial charge is 0.253 e. The van der Waals surface area contributed by atoms with E-state index in [0.717, 1.165) is 87.2 Å². The summed E-state index contributed by atoms with van der Waals surface area (Å²) in [7, 11) is 2.01. The van der Waals surface area contributed by atoms with Gasteiger partial charge in [-0.2, -0.15) is 5.10 Å². The number of nitrogens with one attached hydrogen (secondary N) is 1. The van der Waals surface area contributed by atoms with E-state index in [4.69, 9.17) is 11.6 Å². The second-order valence-electron chi connectivity index (χ2n) is 12.4. The summed E-state index contributed by atoms with van der Waals surface area (Å²) in [6, 6.07) is 11.4. The predicted octanol–water partition coefficient (Wildman–Crippen LogP) is 5.54. The maximum atomic E-state index is 13.7. The third-order valence-corrected chi connectivity index (χ3v) is 10.2. The van der Waals surface area contributed by atoms with Crippen LogP contribution in [0.2, 0.25) is 5.02 Å². The number of benzene rings is 2. The summed E-state index contributed by atoms with van der Waals surface area (Å²) < 4.78 is 1.98. The van der Waals surface area contributed by atoms with E-state index in [1.807, 2.05) is 42.9 Å². The molecule has 1 aromatic heterocycles. The van der Waals surface area contributed by atoms with E-state index in [-0.39, 0.29) is 23.3 Å². The topological polar surface area (TPSA) is 70.5 Å². The molecule has 2 aromatic carbocycles. The van der Waals surface area contributed by atoms with Gasteiger partial charge in [-0.15, -0.1) is 0 Å². The molecule has 3 aromatic rings. The number of hydrogen-bond acceptors (Lipinski definition) is 4. The van der Waals surface area contributed by atoms with Crippen molar-refractivity contribution in [2.75, 3.05) is 26.2 Å². The van der Waals surface area contributed by atoms with E-state index in [1.165, 1.54) is 16.8 Å². The minimum Gasteiger partial charge on any atom is -0.345 e. The number of likely N-dealkylation sites (tertiary alicyclic amines) is 2. The van der Waals surface area contributed by atoms with Crippen molar-refractivity contribution in [3.63, 3.8) is 0 Å². The van der Waals surface area contributed by atoms with Crippen LogP contribution in [-0.4, -0.2) is 57.6 Å². The fourth-order valence-electron chi connectivity index (χ4n) is 7.19. The van der Waals surface area contributed by atoms with Crippen LogP contribution >= 0.6 is 11.6 Å². The molecule has 3 heterocycles. The lowest BCUT2D eigenvalue weighted by Crippen LogP contribution is -2.42. The molecule has 1 atom stereocenters. The highest BCUT2D eigenvalue weighted by molar-refractivity contribution is 6.34. The van der Waals surface area contributed by atoms with Crippen LogP contribution in [0.4, 0.5) is 0 Å². The predicted molar refractivity (Wildman–Crippen MR) is 161 cm³/mol. The third-order valence-electron chi connectivity index (χ3n) is 9.91. The van der Waals surface area contributed by atoms with Crippen LogP contribution in [0.1, 0.15) is 86.1 Å². The Bertz CT molecular complexity index is 1480. The highest BCUT2D eigenvalue weighted by atomic mass is 35.5. The van der Waals surface area contributed by atoms with Gasteiger partial charge in [0, 0.05) is 43.5 Å². The molecule has 2 aliphatic heterocycles. The molecule has 1 N–H and O–H groups in total. The molecule has 0 bridgehead atoms.